The van der Waals surface area contributed by atoms with Gasteiger partial charge in [-0.25, -0.2) is 0 Å². The summed E-state index contributed by atoms with van der Waals surface area (Å²) in [5, 5.41) is 9.47. The van der Waals surface area contributed by atoms with E-state index in [2.05, 4.69) is 36.2 Å². The number of rotatable bonds is 7. The van der Waals surface area contributed by atoms with Crippen LogP contribution in [0, 0.1) is 20.8 Å². The van der Waals surface area contributed by atoms with Crippen LogP contribution in [0.4, 0.5) is 0 Å². The summed E-state index contributed by atoms with van der Waals surface area (Å²) in [5.41, 5.74) is 3.53. The minimum atomic E-state index is 0.695. The summed E-state index contributed by atoms with van der Waals surface area (Å²) < 4.78 is 13.2. The molecule has 3 aromatic rings. The molecule has 3 rings (SSSR count). The maximum Gasteiger partial charge on any atom is 0.191 e. The van der Waals surface area contributed by atoms with Gasteiger partial charge in [-0.1, -0.05) is 17.8 Å². The summed E-state index contributed by atoms with van der Waals surface area (Å²) in [4.78, 5) is 0. The van der Waals surface area contributed by atoms with Crippen molar-refractivity contribution in [1.29, 1.82) is 0 Å². The average Bonchev–Trinajstić information content (AvgIpc) is 3.16. The zero-order valence-corrected chi connectivity index (χ0v) is 15.9. The number of nitrogens with zero attached hydrogens (tertiary/aromatic N) is 3. The highest BCUT2D eigenvalue weighted by molar-refractivity contribution is 7.99. The van der Waals surface area contributed by atoms with Crippen LogP contribution in [0.1, 0.15) is 23.3 Å². The standard InChI is InChI=1S/C19H23N3O2S/c1-13-6-7-16(12-14(13)2)24-9-5-11-25-19-21-20-18(22(19)4)17-8-10-23-15(17)3/h6-8,10,12H,5,9,11H2,1-4H3. The van der Waals surface area contributed by atoms with Gasteiger partial charge in [0.1, 0.15) is 11.5 Å². The largest absolute Gasteiger partial charge is 0.494 e. The Morgan fingerprint density at radius 1 is 1.12 bits per heavy atom. The van der Waals surface area contributed by atoms with Gasteiger partial charge in [-0.15, -0.1) is 10.2 Å². The van der Waals surface area contributed by atoms with Crippen molar-refractivity contribution in [3.8, 4) is 17.1 Å². The molecule has 2 aromatic heterocycles. The number of thioether (sulfide) groups is 1. The van der Waals surface area contributed by atoms with Crippen LogP contribution in [0.5, 0.6) is 5.75 Å². The lowest BCUT2D eigenvalue weighted by atomic mass is 10.1. The normalized spacial score (nSPS) is 11.0. The van der Waals surface area contributed by atoms with E-state index >= 15 is 0 Å². The predicted molar refractivity (Wildman–Crippen MR) is 100 cm³/mol. The second-order valence-corrected chi connectivity index (χ2v) is 7.11. The molecule has 0 bridgehead atoms. The molecule has 0 aliphatic heterocycles. The summed E-state index contributed by atoms with van der Waals surface area (Å²) >= 11 is 1.69. The number of aromatic nitrogens is 3. The molecule has 0 saturated carbocycles. The fraction of sp³-hybridized carbons (Fsp3) is 0.368. The number of aryl methyl sites for hydroxylation is 3. The maximum atomic E-state index is 5.82. The van der Waals surface area contributed by atoms with Crippen molar-refractivity contribution in [2.75, 3.05) is 12.4 Å². The molecule has 0 unspecified atom stereocenters. The zero-order valence-electron chi connectivity index (χ0n) is 15.1. The number of hydrogen-bond donors (Lipinski definition) is 0. The van der Waals surface area contributed by atoms with Crippen LogP contribution < -0.4 is 4.74 Å². The topological polar surface area (TPSA) is 53.1 Å². The van der Waals surface area contributed by atoms with E-state index in [0.29, 0.717) is 6.61 Å². The van der Waals surface area contributed by atoms with Crippen molar-refractivity contribution in [2.45, 2.75) is 32.3 Å². The second-order valence-electron chi connectivity index (χ2n) is 6.05. The van der Waals surface area contributed by atoms with Gasteiger partial charge in [-0.05, 0) is 56.5 Å². The van der Waals surface area contributed by atoms with Gasteiger partial charge in [0.25, 0.3) is 0 Å². The molecular weight excluding hydrogens is 334 g/mol. The van der Waals surface area contributed by atoms with Gasteiger partial charge in [0, 0.05) is 12.8 Å². The minimum absolute atomic E-state index is 0.695. The van der Waals surface area contributed by atoms with Crippen LogP contribution in [0.25, 0.3) is 11.4 Å². The Hall–Kier alpha value is -2.21. The first-order chi connectivity index (χ1) is 12.1. The molecule has 25 heavy (non-hydrogen) atoms. The fourth-order valence-corrected chi connectivity index (χ4v) is 3.33. The third-order valence-corrected chi connectivity index (χ3v) is 5.31. The van der Waals surface area contributed by atoms with Gasteiger partial charge < -0.3 is 13.7 Å². The summed E-state index contributed by atoms with van der Waals surface area (Å²) in [6, 6.07) is 8.13. The van der Waals surface area contributed by atoms with Crippen LogP contribution in [-0.4, -0.2) is 27.1 Å². The first-order valence-corrected chi connectivity index (χ1v) is 9.31. The molecule has 6 heteroatoms. The Balaban J connectivity index is 1.49. The summed E-state index contributed by atoms with van der Waals surface area (Å²) in [7, 11) is 1.98. The lowest BCUT2D eigenvalue weighted by Crippen LogP contribution is -2.00. The summed E-state index contributed by atoms with van der Waals surface area (Å²) in [6.45, 7) is 6.84. The average molecular weight is 357 g/mol. The molecule has 0 N–H and O–H groups in total. The molecule has 0 spiro atoms. The van der Waals surface area contributed by atoms with Gasteiger partial charge in [0.15, 0.2) is 11.0 Å². The highest BCUT2D eigenvalue weighted by Gasteiger charge is 2.14. The molecule has 0 atom stereocenters. The van der Waals surface area contributed by atoms with Gasteiger partial charge in [0.05, 0.1) is 18.4 Å². The maximum absolute atomic E-state index is 5.82. The highest BCUT2D eigenvalue weighted by atomic mass is 32.2. The second kappa shape index (κ2) is 7.78. The zero-order chi connectivity index (χ0) is 17.8. The van der Waals surface area contributed by atoms with E-state index in [9.17, 15) is 0 Å². The van der Waals surface area contributed by atoms with Crippen molar-refractivity contribution in [3.63, 3.8) is 0 Å². The van der Waals surface area contributed by atoms with Gasteiger partial charge in [-0.2, -0.15) is 0 Å². The van der Waals surface area contributed by atoms with E-state index < -0.39 is 0 Å². The molecule has 0 fully saturated rings. The molecule has 0 aliphatic carbocycles. The van der Waals surface area contributed by atoms with E-state index in [4.69, 9.17) is 9.15 Å². The molecule has 0 amide bonds. The quantitative estimate of drug-likeness (QED) is 0.458. The Labute approximate surface area is 152 Å². The molecule has 0 aliphatic rings. The van der Waals surface area contributed by atoms with Gasteiger partial charge in [0.2, 0.25) is 0 Å². The third-order valence-electron chi connectivity index (χ3n) is 4.20. The van der Waals surface area contributed by atoms with Crippen molar-refractivity contribution < 1.29 is 9.15 Å². The Morgan fingerprint density at radius 2 is 1.96 bits per heavy atom. The number of hydrogen-bond acceptors (Lipinski definition) is 5. The molecular formula is C19H23N3O2S. The number of benzene rings is 1. The third kappa shape index (κ3) is 4.07. The lowest BCUT2D eigenvalue weighted by Gasteiger charge is -2.08. The van der Waals surface area contributed by atoms with Crippen molar-refractivity contribution in [2.24, 2.45) is 7.05 Å². The van der Waals surface area contributed by atoms with Gasteiger partial charge in [-0.3, -0.25) is 0 Å². The summed E-state index contributed by atoms with van der Waals surface area (Å²) in [6.07, 6.45) is 2.63. The molecule has 5 nitrogen and oxygen atoms in total. The Kier molecular flexibility index (Phi) is 5.48. The van der Waals surface area contributed by atoms with E-state index in [0.717, 1.165) is 40.2 Å². The fourth-order valence-electron chi connectivity index (χ4n) is 2.51. The molecule has 132 valence electrons. The lowest BCUT2D eigenvalue weighted by molar-refractivity contribution is 0.318. The van der Waals surface area contributed by atoms with Crippen LogP contribution >= 0.6 is 11.8 Å². The number of furan rings is 1. The number of ether oxygens (including phenoxy) is 1. The van der Waals surface area contributed by atoms with Crippen molar-refractivity contribution in [3.05, 3.63) is 47.4 Å². The van der Waals surface area contributed by atoms with Crippen LogP contribution in [-0.2, 0) is 7.05 Å². The van der Waals surface area contributed by atoms with E-state index in [1.54, 1.807) is 18.0 Å². The van der Waals surface area contributed by atoms with Crippen molar-refractivity contribution >= 4 is 11.8 Å². The Morgan fingerprint density at radius 3 is 2.68 bits per heavy atom. The Bertz CT molecular complexity index is 854. The SMILES string of the molecule is Cc1ccc(OCCCSc2nnc(-c3ccoc3C)n2C)cc1C. The monoisotopic (exact) mass is 357 g/mol. The van der Waals surface area contributed by atoms with E-state index in [1.807, 2.05) is 30.7 Å². The van der Waals surface area contributed by atoms with E-state index in [1.165, 1.54) is 11.1 Å². The molecule has 0 radical (unpaired) electrons. The predicted octanol–water partition coefficient (Wildman–Crippen LogP) is 4.56. The van der Waals surface area contributed by atoms with Gasteiger partial charge >= 0.3 is 0 Å². The van der Waals surface area contributed by atoms with E-state index in [-0.39, 0.29) is 0 Å². The van der Waals surface area contributed by atoms with Crippen LogP contribution in [0.2, 0.25) is 0 Å². The molecule has 2 heterocycles. The first-order valence-electron chi connectivity index (χ1n) is 8.33. The highest BCUT2D eigenvalue weighted by Crippen LogP contribution is 2.26. The summed E-state index contributed by atoms with van der Waals surface area (Å²) in [5.74, 6) is 3.56. The van der Waals surface area contributed by atoms with Crippen molar-refractivity contribution in [1.82, 2.24) is 14.8 Å². The molecule has 1 aromatic carbocycles. The van der Waals surface area contributed by atoms with Crippen LogP contribution in [0.3, 0.4) is 0 Å². The minimum Gasteiger partial charge on any atom is -0.494 e. The smallest absolute Gasteiger partial charge is 0.191 e. The molecule has 0 saturated heterocycles. The first kappa shape index (κ1) is 17.6. The van der Waals surface area contributed by atoms with Crippen LogP contribution in [0.15, 0.2) is 40.1 Å².